The molecule has 1 aliphatic heterocycles. The standard InChI is InChI=1S/C19H22N4O4S2/c1-11(2)17-16(12(3)22-27-17)18(24)21-19-20-14-7-6-13(10-15(14)28-19)29(25,26)23-8-4-5-9-23/h6-7,10-11H,4-5,8-9H2,1-3H3,(H,20,21,24). The molecule has 0 saturated carbocycles. The van der Waals surface area contributed by atoms with Crippen LogP contribution in [0.5, 0.6) is 0 Å². The van der Waals surface area contributed by atoms with Crippen molar-refractivity contribution in [3.8, 4) is 0 Å². The highest BCUT2D eigenvalue weighted by atomic mass is 32.2. The van der Waals surface area contributed by atoms with Crippen LogP contribution in [0.4, 0.5) is 5.13 Å². The first-order chi connectivity index (χ1) is 13.8. The number of benzene rings is 1. The van der Waals surface area contributed by atoms with Crippen LogP contribution in [0.25, 0.3) is 10.2 Å². The first-order valence-electron chi connectivity index (χ1n) is 9.45. The summed E-state index contributed by atoms with van der Waals surface area (Å²) in [6, 6.07) is 4.87. The lowest BCUT2D eigenvalue weighted by molar-refractivity contribution is 0.102. The number of anilines is 1. The van der Waals surface area contributed by atoms with Crippen LogP contribution in [0, 0.1) is 6.92 Å². The van der Waals surface area contributed by atoms with Crippen molar-refractivity contribution in [2.24, 2.45) is 0 Å². The fraction of sp³-hybridized carbons (Fsp3) is 0.421. The Hall–Kier alpha value is -2.30. The van der Waals surface area contributed by atoms with Gasteiger partial charge in [-0.05, 0) is 38.0 Å². The van der Waals surface area contributed by atoms with Gasteiger partial charge in [0.25, 0.3) is 5.91 Å². The van der Waals surface area contributed by atoms with Crippen molar-refractivity contribution < 1.29 is 17.7 Å². The first-order valence-corrected chi connectivity index (χ1v) is 11.7. The van der Waals surface area contributed by atoms with Gasteiger partial charge in [-0.2, -0.15) is 4.31 Å². The van der Waals surface area contributed by atoms with Gasteiger partial charge in [0.1, 0.15) is 5.56 Å². The molecule has 4 rings (SSSR count). The number of rotatable bonds is 5. The van der Waals surface area contributed by atoms with Crippen LogP contribution in [0.2, 0.25) is 0 Å². The lowest BCUT2D eigenvalue weighted by Crippen LogP contribution is -2.27. The van der Waals surface area contributed by atoms with Crippen LogP contribution in [-0.4, -0.2) is 41.9 Å². The van der Waals surface area contributed by atoms with Crippen molar-refractivity contribution in [3.05, 3.63) is 35.2 Å². The minimum absolute atomic E-state index is 0.0191. The third kappa shape index (κ3) is 3.67. The normalized spacial score (nSPS) is 15.4. The number of thiazole rings is 1. The van der Waals surface area contributed by atoms with E-state index >= 15 is 0 Å². The van der Waals surface area contributed by atoms with E-state index in [-0.39, 0.29) is 16.7 Å². The molecule has 1 amide bonds. The summed E-state index contributed by atoms with van der Waals surface area (Å²) in [6.07, 6.45) is 1.78. The SMILES string of the molecule is Cc1noc(C(C)C)c1C(=O)Nc1nc2ccc(S(=O)(=O)N3CCCC3)cc2s1. The van der Waals surface area contributed by atoms with E-state index in [0.717, 1.165) is 12.8 Å². The molecule has 8 nitrogen and oxygen atoms in total. The molecule has 0 radical (unpaired) electrons. The minimum Gasteiger partial charge on any atom is -0.360 e. The molecule has 10 heteroatoms. The summed E-state index contributed by atoms with van der Waals surface area (Å²) in [5, 5.41) is 7.09. The van der Waals surface area contributed by atoms with Crippen molar-refractivity contribution in [1.29, 1.82) is 0 Å². The van der Waals surface area contributed by atoms with Crippen LogP contribution in [0.1, 0.15) is 54.4 Å². The first kappa shape index (κ1) is 20.0. The Bertz CT molecular complexity index is 1170. The highest BCUT2D eigenvalue weighted by Gasteiger charge is 2.28. The summed E-state index contributed by atoms with van der Waals surface area (Å²) in [5.74, 6) is 0.210. The Labute approximate surface area is 173 Å². The van der Waals surface area contributed by atoms with Crippen molar-refractivity contribution in [2.45, 2.75) is 44.4 Å². The van der Waals surface area contributed by atoms with Crippen LogP contribution in [0.15, 0.2) is 27.6 Å². The molecule has 1 aromatic carbocycles. The topological polar surface area (TPSA) is 105 Å². The number of fused-ring (bicyclic) bond motifs is 1. The van der Waals surface area contributed by atoms with Gasteiger partial charge in [0.05, 0.1) is 20.8 Å². The van der Waals surface area contributed by atoms with E-state index in [1.54, 1.807) is 25.1 Å². The number of aromatic nitrogens is 2. The summed E-state index contributed by atoms with van der Waals surface area (Å²) >= 11 is 1.24. The number of carbonyl (C=O) groups excluding carboxylic acids is 1. The lowest BCUT2D eigenvalue weighted by Gasteiger charge is -2.15. The summed E-state index contributed by atoms with van der Waals surface area (Å²) in [4.78, 5) is 17.4. The van der Waals surface area contributed by atoms with Gasteiger partial charge < -0.3 is 4.52 Å². The highest BCUT2D eigenvalue weighted by Crippen LogP contribution is 2.31. The molecular weight excluding hydrogens is 412 g/mol. The second kappa shape index (κ2) is 7.51. The Balaban J connectivity index is 1.62. The van der Waals surface area contributed by atoms with Gasteiger partial charge in [-0.1, -0.05) is 30.3 Å². The number of aryl methyl sites for hydroxylation is 1. The minimum atomic E-state index is -3.50. The second-order valence-corrected chi connectivity index (χ2v) is 10.3. The van der Waals surface area contributed by atoms with Crippen molar-refractivity contribution in [3.63, 3.8) is 0 Å². The maximum atomic E-state index is 12.8. The van der Waals surface area contributed by atoms with Crippen molar-refractivity contribution in [2.75, 3.05) is 18.4 Å². The quantitative estimate of drug-likeness (QED) is 0.656. The van der Waals surface area contributed by atoms with Crippen LogP contribution >= 0.6 is 11.3 Å². The van der Waals surface area contributed by atoms with Crippen molar-refractivity contribution >= 4 is 42.6 Å². The van der Waals surface area contributed by atoms with E-state index in [4.69, 9.17) is 4.52 Å². The largest absolute Gasteiger partial charge is 0.360 e. The smallest absolute Gasteiger partial charge is 0.262 e. The van der Waals surface area contributed by atoms with Crippen LogP contribution < -0.4 is 5.32 Å². The van der Waals surface area contributed by atoms with Gasteiger partial charge in [0, 0.05) is 19.0 Å². The number of hydrogen-bond acceptors (Lipinski definition) is 7. The fourth-order valence-electron chi connectivity index (χ4n) is 3.41. The van der Waals surface area contributed by atoms with E-state index in [2.05, 4.69) is 15.5 Å². The predicted molar refractivity (Wildman–Crippen MR) is 111 cm³/mol. The second-order valence-electron chi connectivity index (χ2n) is 7.38. The number of hydrogen-bond donors (Lipinski definition) is 1. The van der Waals surface area contributed by atoms with Gasteiger partial charge in [-0.3, -0.25) is 10.1 Å². The fourth-order valence-corrected chi connectivity index (χ4v) is 5.93. The molecule has 0 spiro atoms. The van der Waals surface area contributed by atoms with E-state index < -0.39 is 10.0 Å². The summed E-state index contributed by atoms with van der Waals surface area (Å²) in [5.41, 5.74) is 1.57. The van der Waals surface area contributed by atoms with Gasteiger partial charge >= 0.3 is 0 Å². The summed E-state index contributed by atoms with van der Waals surface area (Å²) in [7, 11) is -3.50. The molecule has 1 fully saturated rings. The van der Waals surface area contributed by atoms with Gasteiger partial charge in [0.2, 0.25) is 10.0 Å². The van der Waals surface area contributed by atoms with Gasteiger partial charge in [-0.15, -0.1) is 0 Å². The van der Waals surface area contributed by atoms with E-state index in [0.29, 0.717) is 45.5 Å². The third-order valence-corrected chi connectivity index (χ3v) is 7.75. The average molecular weight is 435 g/mol. The zero-order valence-electron chi connectivity index (χ0n) is 16.4. The Kier molecular flexibility index (Phi) is 5.18. The molecule has 0 unspecified atom stereocenters. The molecule has 3 heterocycles. The van der Waals surface area contributed by atoms with Gasteiger partial charge in [0.15, 0.2) is 10.9 Å². The molecule has 1 aliphatic rings. The maximum Gasteiger partial charge on any atom is 0.262 e. The third-order valence-electron chi connectivity index (χ3n) is 4.92. The van der Waals surface area contributed by atoms with Gasteiger partial charge in [-0.25, -0.2) is 13.4 Å². The van der Waals surface area contributed by atoms with E-state index in [9.17, 15) is 13.2 Å². The molecule has 1 saturated heterocycles. The number of carbonyl (C=O) groups is 1. The summed E-state index contributed by atoms with van der Waals surface area (Å²) in [6.45, 7) is 6.69. The predicted octanol–water partition coefficient (Wildman–Crippen LogP) is 3.75. The molecule has 29 heavy (non-hydrogen) atoms. The molecule has 2 aromatic heterocycles. The molecule has 154 valence electrons. The Morgan fingerprint density at radius 1 is 1.28 bits per heavy atom. The number of sulfonamides is 1. The zero-order chi connectivity index (χ0) is 20.8. The molecular formula is C19H22N4O4S2. The van der Waals surface area contributed by atoms with Crippen LogP contribution in [-0.2, 0) is 10.0 Å². The molecule has 0 atom stereocenters. The number of nitrogens with zero attached hydrogens (tertiary/aromatic N) is 3. The van der Waals surface area contributed by atoms with Crippen LogP contribution in [0.3, 0.4) is 0 Å². The lowest BCUT2D eigenvalue weighted by atomic mass is 10.0. The molecule has 3 aromatic rings. The Morgan fingerprint density at radius 2 is 2.00 bits per heavy atom. The molecule has 0 bridgehead atoms. The average Bonchev–Trinajstić information content (AvgIpc) is 3.39. The summed E-state index contributed by atoms with van der Waals surface area (Å²) < 4.78 is 33.1. The molecule has 1 N–H and O–H groups in total. The van der Waals surface area contributed by atoms with Crippen molar-refractivity contribution in [1.82, 2.24) is 14.4 Å². The monoisotopic (exact) mass is 434 g/mol. The Morgan fingerprint density at radius 3 is 2.69 bits per heavy atom. The molecule has 0 aliphatic carbocycles. The maximum absolute atomic E-state index is 12.8. The number of nitrogens with one attached hydrogen (secondary N) is 1. The number of amides is 1. The van der Waals surface area contributed by atoms with E-state index in [1.807, 2.05) is 13.8 Å². The zero-order valence-corrected chi connectivity index (χ0v) is 18.1. The van der Waals surface area contributed by atoms with E-state index in [1.165, 1.54) is 15.6 Å². The highest BCUT2D eigenvalue weighted by molar-refractivity contribution is 7.89.